The Bertz CT molecular complexity index is 1130. The number of anilines is 3. The van der Waals surface area contributed by atoms with Gasteiger partial charge in [-0.3, -0.25) is 0 Å². The van der Waals surface area contributed by atoms with Crippen molar-refractivity contribution < 1.29 is 18.3 Å². The highest BCUT2D eigenvalue weighted by atomic mass is 19.1. The van der Waals surface area contributed by atoms with Crippen LogP contribution in [0, 0.1) is 18.2 Å². The Labute approximate surface area is 171 Å². The van der Waals surface area contributed by atoms with E-state index in [1.807, 2.05) is 0 Å². The Balaban J connectivity index is 1.62. The average molecular weight is 409 g/mol. The third-order valence-electron chi connectivity index (χ3n) is 4.76. The molecule has 3 aromatic rings. The molecule has 4 rings (SSSR count). The Hall–Kier alpha value is -3.93. The predicted octanol–water partition coefficient (Wildman–Crippen LogP) is 4.63. The number of ether oxygens (including phenoxy) is 2. The highest BCUT2D eigenvalue weighted by molar-refractivity contribution is 5.67. The van der Waals surface area contributed by atoms with Gasteiger partial charge < -0.3 is 19.7 Å². The zero-order chi connectivity index (χ0) is 21.3. The number of methoxy groups -OCH3 is 1. The second-order valence-corrected chi connectivity index (χ2v) is 6.65. The van der Waals surface area contributed by atoms with Gasteiger partial charge in [-0.25, -0.2) is 18.6 Å². The van der Waals surface area contributed by atoms with Gasteiger partial charge in [0, 0.05) is 18.8 Å². The summed E-state index contributed by atoms with van der Waals surface area (Å²) in [7, 11) is 3.27. The molecule has 1 atom stereocenters. The van der Waals surface area contributed by atoms with Gasteiger partial charge in [-0.2, -0.15) is 4.98 Å². The number of benzene rings is 2. The van der Waals surface area contributed by atoms with Crippen LogP contribution in [0.3, 0.4) is 0 Å². The fraction of sp³-hybridized carbons (Fsp3) is 0.190. The first kappa shape index (κ1) is 19.4. The van der Waals surface area contributed by atoms with E-state index in [0.29, 0.717) is 40.2 Å². The topological polar surface area (TPSA) is 63.9 Å². The van der Waals surface area contributed by atoms with E-state index in [1.54, 1.807) is 30.1 Å². The number of fused-ring (bicyclic) bond motifs is 1. The SMILES string of the molecule is [C-]#[N+]c1ccc(Nc2ncc3c(n2)N(C)C(c2cc(F)cc(F)c2)CO3)cc1OC. The molecule has 7 nitrogen and oxygen atoms in total. The lowest BCUT2D eigenvalue weighted by molar-refractivity contribution is 0.264. The summed E-state index contributed by atoms with van der Waals surface area (Å²) in [4.78, 5) is 13.9. The zero-order valence-corrected chi connectivity index (χ0v) is 16.2. The number of hydrogen-bond acceptors (Lipinski definition) is 6. The summed E-state index contributed by atoms with van der Waals surface area (Å²) in [5, 5.41) is 3.07. The van der Waals surface area contributed by atoms with Crippen molar-refractivity contribution in [2.45, 2.75) is 6.04 Å². The van der Waals surface area contributed by atoms with Gasteiger partial charge >= 0.3 is 0 Å². The first-order valence-electron chi connectivity index (χ1n) is 8.99. The van der Waals surface area contributed by atoms with Crippen LogP contribution in [0.2, 0.25) is 0 Å². The lowest BCUT2D eigenvalue weighted by atomic mass is 10.0. The molecule has 0 saturated heterocycles. The third kappa shape index (κ3) is 3.67. The highest BCUT2D eigenvalue weighted by Crippen LogP contribution is 2.38. The number of halogens is 2. The molecule has 2 heterocycles. The summed E-state index contributed by atoms with van der Waals surface area (Å²) in [6.07, 6.45) is 1.54. The van der Waals surface area contributed by atoms with Gasteiger partial charge in [0.05, 0.1) is 25.9 Å². The summed E-state index contributed by atoms with van der Waals surface area (Å²) in [6, 6.07) is 8.01. The van der Waals surface area contributed by atoms with Crippen molar-refractivity contribution >= 4 is 23.1 Å². The molecule has 0 saturated carbocycles. The summed E-state index contributed by atoms with van der Waals surface area (Å²) in [5.74, 6) is 0.391. The van der Waals surface area contributed by atoms with Crippen LogP contribution in [0.5, 0.6) is 11.5 Å². The molecule has 1 aliphatic heterocycles. The minimum atomic E-state index is -0.647. The number of rotatable bonds is 4. The van der Waals surface area contributed by atoms with Crippen molar-refractivity contribution in [1.29, 1.82) is 0 Å². The molecule has 152 valence electrons. The first-order valence-corrected chi connectivity index (χ1v) is 8.99. The van der Waals surface area contributed by atoms with Crippen LogP contribution < -0.4 is 19.7 Å². The lowest BCUT2D eigenvalue weighted by Crippen LogP contribution is -2.34. The molecule has 1 unspecified atom stereocenters. The molecule has 0 spiro atoms. The predicted molar refractivity (Wildman–Crippen MR) is 108 cm³/mol. The quantitative estimate of drug-likeness (QED) is 0.634. The average Bonchev–Trinajstić information content (AvgIpc) is 2.73. The minimum absolute atomic E-state index is 0.206. The maximum absolute atomic E-state index is 13.7. The van der Waals surface area contributed by atoms with E-state index >= 15 is 0 Å². The molecule has 0 fully saturated rings. The normalized spacial score (nSPS) is 15.0. The molecule has 0 radical (unpaired) electrons. The van der Waals surface area contributed by atoms with Crippen molar-refractivity contribution in [3.8, 4) is 11.5 Å². The van der Waals surface area contributed by atoms with Crippen LogP contribution >= 0.6 is 0 Å². The number of hydrogen-bond donors (Lipinski definition) is 1. The highest BCUT2D eigenvalue weighted by Gasteiger charge is 2.29. The fourth-order valence-corrected chi connectivity index (χ4v) is 3.27. The van der Waals surface area contributed by atoms with Gasteiger partial charge in [-0.15, -0.1) is 0 Å². The Morgan fingerprint density at radius 1 is 1.23 bits per heavy atom. The van der Waals surface area contributed by atoms with E-state index in [-0.39, 0.29) is 6.61 Å². The summed E-state index contributed by atoms with van der Waals surface area (Å²) < 4.78 is 38.3. The van der Waals surface area contributed by atoms with Crippen LogP contribution in [-0.2, 0) is 0 Å². The number of nitrogens with one attached hydrogen (secondary N) is 1. The molecule has 0 aliphatic carbocycles. The maximum atomic E-state index is 13.7. The molecule has 0 bridgehead atoms. The Morgan fingerprint density at radius 2 is 2.00 bits per heavy atom. The summed E-state index contributed by atoms with van der Waals surface area (Å²) >= 11 is 0. The number of likely N-dealkylation sites (N-methyl/N-ethyl adjacent to an activating group) is 1. The van der Waals surface area contributed by atoms with E-state index in [1.165, 1.54) is 25.4 Å². The van der Waals surface area contributed by atoms with Crippen LogP contribution in [0.15, 0.2) is 42.6 Å². The van der Waals surface area contributed by atoms with Crippen LogP contribution in [-0.4, -0.2) is 30.7 Å². The van der Waals surface area contributed by atoms with Crippen molar-refractivity contribution in [3.05, 3.63) is 71.2 Å². The van der Waals surface area contributed by atoms with Gasteiger partial charge in [0.15, 0.2) is 11.6 Å². The Morgan fingerprint density at radius 3 is 2.70 bits per heavy atom. The van der Waals surface area contributed by atoms with Gasteiger partial charge in [-0.05, 0) is 29.8 Å². The molecular formula is C21H17F2N5O2. The van der Waals surface area contributed by atoms with Crippen LogP contribution in [0.4, 0.5) is 31.9 Å². The molecular weight excluding hydrogens is 392 g/mol. The second kappa shape index (κ2) is 7.83. The lowest BCUT2D eigenvalue weighted by Gasteiger charge is -2.35. The molecule has 0 amide bonds. The minimum Gasteiger partial charge on any atom is -0.508 e. The van der Waals surface area contributed by atoms with Gasteiger partial charge in [0.25, 0.3) is 0 Å². The second-order valence-electron chi connectivity index (χ2n) is 6.65. The summed E-state index contributed by atoms with van der Waals surface area (Å²) in [5.41, 5.74) is 1.49. The monoisotopic (exact) mass is 409 g/mol. The van der Waals surface area contributed by atoms with Crippen LogP contribution in [0.1, 0.15) is 11.6 Å². The number of nitrogens with zero attached hydrogens (tertiary/aromatic N) is 4. The van der Waals surface area contributed by atoms with E-state index in [4.69, 9.17) is 16.0 Å². The Kier molecular flexibility index (Phi) is 5.06. The van der Waals surface area contributed by atoms with Crippen molar-refractivity contribution in [2.75, 3.05) is 31.0 Å². The van der Waals surface area contributed by atoms with Crippen molar-refractivity contribution in [2.24, 2.45) is 0 Å². The molecule has 1 aromatic heterocycles. The molecule has 30 heavy (non-hydrogen) atoms. The smallest absolute Gasteiger partial charge is 0.229 e. The standard InChI is InChI=1S/C21H17F2N5O2/c1-24-16-5-4-15(9-18(16)29-3)26-21-25-10-19-20(27-21)28(2)17(11-30-19)12-6-13(22)8-14(23)7-12/h4-10,17H,11H2,2-3H3,(H,25,26,27). The zero-order valence-electron chi connectivity index (χ0n) is 16.2. The van der Waals surface area contributed by atoms with Gasteiger partial charge in [-0.1, -0.05) is 6.07 Å². The van der Waals surface area contributed by atoms with Crippen molar-refractivity contribution in [3.63, 3.8) is 0 Å². The molecule has 9 heteroatoms. The largest absolute Gasteiger partial charge is 0.508 e. The van der Waals surface area contributed by atoms with Crippen LogP contribution in [0.25, 0.3) is 4.85 Å². The van der Waals surface area contributed by atoms with E-state index in [2.05, 4.69) is 20.1 Å². The third-order valence-corrected chi connectivity index (χ3v) is 4.76. The van der Waals surface area contributed by atoms with Crippen molar-refractivity contribution in [1.82, 2.24) is 9.97 Å². The molecule has 2 aromatic carbocycles. The molecule has 1 aliphatic rings. The molecule has 1 N–H and O–H groups in total. The summed E-state index contributed by atoms with van der Waals surface area (Å²) in [6.45, 7) is 7.36. The van der Waals surface area contributed by atoms with E-state index in [9.17, 15) is 8.78 Å². The van der Waals surface area contributed by atoms with E-state index < -0.39 is 17.7 Å². The van der Waals surface area contributed by atoms with Gasteiger partial charge in [0.1, 0.15) is 24.0 Å². The maximum Gasteiger partial charge on any atom is 0.229 e. The number of aromatic nitrogens is 2. The van der Waals surface area contributed by atoms with Gasteiger partial charge in [0.2, 0.25) is 11.6 Å². The van der Waals surface area contributed by atoms with E-state index in [0.717, 1.165) is 6.07 Å². The first-order chi connectivity index (χ1) is 14.5. The fourth-order valence-electron chi connectivity index (χ4n) is 3.27.